The van der Waals surface area contributed by atoms with Gasteiger partial charge in [-0.15, -0.1) is 13.2 Å². The molecule has 0 aliphatic rings. The largest absolute Gasteiger partial charge is 0.573 e. The van der Waals surface area contributed by atoms with E-state index >= 15 is 0 Å². The van der Waals surface area contributed by atoms with Gasteiger partial charge in [0.05, 0.1) is 6.04 Å². The zero-order valence-electron chi connectivity index (χ0n) is 12.1. The lowest BCUT2D eigenvalue weighted by Crippen LogP contribution is -2.41. The van der Waals surface area contributed by atoms with Crippen molar-refractivity contribution in [3.05, 3.63) is 29.8 Å². The average Bonchev–Trinajstić information content (AvgIpc) is 2.43. The van der Waals surface area contributed by atoms with Crippen molar-refractivity contribution in [1.82, 2.24) is 5.32 Å². The number of amides is 1. The average molecular weight is 320 g/mol. The van der Waals surface area contributed by atoms with Gasteiger partial charge < -0.3 is 20.9 Å². The number of carbonyl (C=O) groups is 1. The Morgan fingerprint density at radius 1 is 1.36 bits per heavy atom. The highest BCUT2D eigenvalue weighted by Crippen LogP contribution is 2.23. The van der Waals surface area contributed by atoms with Crippen molar-refractivity contribution in [2.75, 3.05) is 13.2 Å². The molecule has 1 aromatic rings. The Kier molecular flexibility index (Phi) is 6.63. The second kappa shape index (κ2) is 8.00. The van der Waals surface area contributed by atoms with Gasteiger partial charge in [0.25, 0.3) is 0 Å². The maximum atomic E-state index is 12.0. The Labute approximate surface area is 126 Å². The predicted octanol–water partition coefficient (Wildman–Crippen LogP) is 1.20. The van der Waals surface area contributed by atoms with E-state index in [0.29, 0.717) is 6.42 Å². The Hall–Kier alpha value is -1.80. The molecule has 4 N–H and O–H groups in total. The number of benzene rings is 1. The van der Waals surface area contributed by atoms with Crippen LogP contribution in [0.5, 0.6) is 5.75 Å². The minimum absolute atomic E-state index is 0.167. The highest BCUT2D eigenvalue weighted by atomic mass is 19.4. The maximum Gasteiger partial charge on any atom is 0.573 e. The second-order valence-corrected chi connectivity index (χ2v) is 4.98. The van der Waals surface area contributed by atoms with E-state index in [1.807, 2.05) is 0 Å². The summed E-state index contributed by atoms with van der Waals surface area (Å²) in [6.07, 6.45) is -4.32. The van der Waals surface area contributed by atoms with Crippen LogP contribution in [0.3, 0.4) is 0 Å². The van der Waals surface area contributed by atoms with Crippen molar-refractivity contribution in [2.45, 2.75) is 25.7 Å². The fourth-order valence-corrected chi connectivity index (χ4v) is 1.77. The molecule has 1 aromatic carbocycles. The van der Waals surface area contributed by atoms with E-state index in [0.717, 1.165) is 5.56 Å². The van der Waals surface area contributed by atoms with Crippen LogP contribution >= 0.6 is 0 Å². The summed E-state index contributed by atoms with van der Waals surface area (Å²) in [5.41, 5.74) is 6.13. The topological polar surface area (TPSA) is 84.6 Å². The number of rotatable bonds is 7. The third-order valence-electron chi connectivity index (χ3n) is 2.92. The Balaban J connectivity index is 2.55. The molecule has 0 heterocycles. The summed E-state index contributed by atoms with van der Waals surface area (Å²) in [5, 5.41) is 11.9. The molecule has 2 unspecified atom stereocenters. The Bertz CT molecular complexity index is 475. The lowest BCUT2D eigenvalue weighted by molar-refractivity contribution is -0.274. The van der Waals surface area contributed by atoms with Gasteiger partial charge in [0.2, 0.25) is 5.91 Å². The van der Waals surface area contributed by atoms with Crippen LogP contribution in [0.2, 0.25) is 0 Å². The summed E-state index contributed by atoms with van der Waals surface area (Å²) >= 11 is 0. The zero-order valence-corrected chi connectivity index (χ0v) is 12.1. The SMILES string of the molecule is CC(N)C(=O)NCC(CO)Cc1ccc(OC(F)(F)F)cc1. The second-order valence-electron chi connectivity index (χ2n) is 4.98. The Morgan fingerprint density at radius 2 is 1.95 bits per heavy atom. The van der Waals surface area contributed by atoms with Gasteiger partial charge in [0.15, 0.2) is 0 Å². The van der Waals surface area contributed by atoms with Crippen LogP contribution in [-0.2, 0) is 11.2 Å². The van der Waals surface area contributed by atoms with Crippen molar-refractivity contribution in [3.8, 4) is 5.75 Å². The molecule has 0 radical (unpaired) electrons. The predicted molar refractivity (Wildman–Crippen MR) is 74.1 cm³/mol. The molecular weight excluding hydrogens is 301 g/mol. The molecule has 0 aromatic heterocycles. The van der Waals surface area contributed by atoms with E-state index in [4.69, 9.17) is 5.73 Å². The minimum Gasteiger partial charge on any atom is -0.406 e. The van der Waals surface area contributed by atoms with Crippen molar-refractivity contribution < 1.29 is 27.8 Å². The molecule has 0 aliphatic heterocycles. The van der Waals surface area contributed by atoms with E-state index < -0.39 is 12.4 Å². The summed E-state index contributed by atoms with van der Waals surface area (Å²) < 4.78 is 39.9. The van der Waals surface area contributed by atoms with Gasteiger partial charge in [0, 0.05) is 19.1 Å². The summed E-state index contributed by atoms with van der Waals surface area (Å²) in [4.78, 5) is 11.4. The summed E-state index contributed by atoms with van der Waals surface area (Å²) in [6.45, 7) is 1.61. The van der Waals surface area contributed by atoms with Crippen LogP contribution < -0.4 is 15.8 Å². The third kappa shape index (κ3) is 6.77. The van der Waals surface area contributed by atoms with Gasteiger partial charge in [-0.1, -0.05) is 12.1 Å². The number of hydrogen-bond acceptors (Lipinski definition) is 4. The van der Waals surface area contributed by atoms with Crippen molar-refractivity contribution in [1.29, 1.82) is 0 Å². The van der Waals surface area contributed by atoms with E-state index in [-0.39, 0.29) is 30.7 Å². The lowest BCUT2D eigenvalue weighted by atomic mass is 10.00. The number of ether oxygens (including phenoxy) is 1. The summed E-state index contributed by atoms with van der Waals surface area (Å²) in [6, 6.07) is 4.74. The van der Waals surface area contributed by atoms with Gasteiger partial charge in [0.1, 0.15) is 5.75 Å². The highest BCUT2D eigenvalue weighted by molar-refractivity contribution is 5.80. The number of aliphatic hydroxyl groups is 1. The van der Waals surface area contributed by atoms with Crippen molar-refractivity contribution in [3.63, 3.8) is 0 Å². The van der Waals surface area contributed by atoms with E-state index in [1.54, 1.807) is 6.92 Å². The fourth-order valence-electron chi connectivity index (χ4n) is 1.77. The molecule has 0 spiro atoms. The molecular formula is C14H19F3N2O3. The Morgan fingerprint density at radius 3 is 2.41 bits per heavy atom. The number of nitrogens with two attached hydrogens (primary N) is 1. The number of aliphatic hydroxyl groups excluding tert-OH is 1. The smallest absolute Gasteiger partial charge is 0.406 e. The van der Waals surface area contributed by atoms with Crippen LogP contribution in [0, 0.1) is 5.92 Å². The van der Waals surface area contributed by atoms with Gasteiger partial charge in [-0.05, 0) is 31.0 Å². The van der Waals surface area contributed by atoms with E-state index in [1.165, 1.54) is 24.3 Å². The molecule has 0 aliphatic carbocycles. The number of nitrogens with one attached hydrogen (secondary N) is 1. The van der Waals surface area contributed by atoms with Crippen molar-refractivity contribution in [2.24, 2.45) is 11.7 Å². The molecule has 0 fully saturated rings. The van der Waals surface area contributed by atoms with Crippen LogP contribution in [0.15, 0.2) is 24.3 Å². The number of halogens is 3. The number of hydrogen-bond donors (Lipinski definition) is 3. The zero-order chi connectivity index (χ0) is 16.8. The quantitative estimate of drug-likeness (QED) is 0.705. The van der Waals surface area contributed by atoms with Crippen molar-refractivity contribution >= 4 is 5.91 Å². The molecule has 124 valence electrons. The molecule has 1 amide bonds. The van der Waals surface area contributed by atoms with Crippen LogP contribution in [0.4, 0.5) is 13.2 Å². The molecule has 22 heavy (non-hydrogen) atoms. The van der Waals surface area contributed by atoms with Crippen LogP contribution in [-0.4, -0.2) is 36.6 Å². The molecule has 0 bridgehead atoms. The maximum absolute atomic E-state index is 12.0. The minimum atomic E-state index is -4.72. The highest BCUT2D eigenvalue weighted by Gasteiger charge is 2.30. The fraction of sp³-hybridized carbons (Fsp3) is 0.500. The first-order valence-corrected chi connectivity index (χ1v) is 6.70. The normalized spacial score (nSPS) is 14.3. The molecule has 2 atom stereocenters. The monoisotopic (exact) mass is 320 g/mol. The van der Waals surface area contributed by atoms with Gasteiger partial charge in [-0.25, -0.2) is 0 Å². The molecule has 0 saturated carbocycles. The molecule has 8 heteroatoms. The van der Waals surface area contributed by atoms with Gasteiger partial charge in [-0.3, -0.25) is 4.79 Å². The first-order valence-electron chi connectivity index (χ1n) is 6.70. The van der Waals surface area contributed by atoms with Crippen LogP contribution in [0.25, 0.3) is 0 Å². The van der Waals surface area contributed by atoms with Gasteiger partial charge in [-0.2, -0.15) is 0 Å². The summed E-state index contributed by atoms with van der Waals surface area (Å²) in [7, 11) is 0. The van der Waals surface area contributed by atoms with E-state index in [9.17, 15) is 23.1 Å². The van der Waals surface area contributed by atoms with E-state index in [2.05, 4.69) is 10.1 Å². The standard InChI is InChI=1S/C14H19F3N2O3/c1-9(18)13(21)19-7-11(8-20)6-10-2-4-12(5-3-10)22-14(15,16)17/h2-5,9,11,20H,6-8,18H2,1H3,(H,19,21). The van der Waals surface area contributed by atoms with Gasteiger partial charge >= 0.3 is 6.36 Å². The van der Waals surface area contributed by atoms with Crippen LogP contribution in [0.1, 0.15) is 12.5 Å². The third-order valence-corrected chi connectivity index (χ3v) is 2.92. The number of alkyl halides is 3. The molecule has 1 rings (SSSR count). The molecule has 0 saturated heterocycles. The lowest BCUT2D eigenvalue weighted by Gasteiger charge is -2.16. The first kappa shape index (κ1) is 18.2. The molecule has 5 nitrogen and oxygen atoms in total. The first-order chi connectivity index (χ1) is 10.2. The number of carbonyl (C=O) groups excluding carboxylic acids is 1. The summed E-state index contributed by atoms with van der Waals surface area (Å²) in [5.74, 6) is -0.883.